The Bertz CT molecular complexity index is 1560. The van der Waals surface area contributed by atoms with Gasteiger partial charge in [0.1, 0.15) is 11.7 Å². The molecule has 0 radical (unpaired) electrons. The fourth-order valence-corrected chi connectivity index (χ4v) is 5.92. The zero-order chi connectivity index (χ0) is 34.2. The van der Waals surface area contributed by atoms with Crippen molar-refractivity contribution < 1.29 is 71.4 Å². The quantitative estimate of drug-likeness (QED) is 0.111. The topological polar surface area (TPSA) is 382 Å². The van der Waals surface area contributed by atoms with Crippen LogP contribution in [0.3, 0.4) is 0 Å². The van der Waals surface area contributed by atoms with Crippen LogP contribution in [-0.2, 0) is 31.9 Å². The number of carboxylic acid groups (broad SMARTS) is 2. The SMILES string of the molecule is Nc1nc2c(c(=O)[nH]1)NC(CNc1ccc(C(=O)NC(CCC(=O)O)C(=O)O)cc1)CN2.O=P(O)(O)OP(=O)(O)OP(=O)(O)O. The Morgan fingerprint density at radius 1 is 1.02 bits per heavy atom. The number of hydrogen-bond donors (Lipinski definition) is 13. The smallest absolute Gasteiger partial charge is 0.481 e. The number of nitrogens with two attached hydrogens (primary N) is 1. The van der Waals surface area contributed by atoms with Crippen molar-refractivity contribution in [1.29, 1.82) is 0 Å². The van der Waals surface area contributed by atoms with E-state index in [1.54, 1.807) is 12.1 Å². The summed E-state index contributed by atoms with van der Waals surface area (Å²) < 4.78 is 36.4. The van der Waals surface area contributed by atoms with Crippen LogP contribution in [0.15, 0.2) is 29.1 Å². The van der Waals surface area contributed by atoms with E-state index in [1.165, 1.54) is 12.1 Å². The highest BCUT2D eigenvalue weighted by atomic mass is 31.3. The summed E-state index contributed by atoms with van der Waals surface area (Å²) in [5, 5.41) is 29.5. The Labute approximate surface area is 251 Å². The summed E-state index contributed by atoms with van der Waals surface area (Å²) in [4.78, 5) is 92.8. The van der Waals surface area contributed by atoms with Gasteiger partial charge in [-0.05, 0) is 30.7 Å². The molecule has 2 heterocycles. The van der Waals surface area contributed by atoms with Crippen LogP contribution in [0.1, 0.15) is 23.2 Å². The van der Waals surface area contributed by atoms with Gasteiger partial charge in [-0.1, -0.05) is 0 Å². The van der Waals surface area contributed by atoms with Crippen LogP contribution >= 0.6 is 23.5 Å². The first-order chi connectivity index (χ1) is 20.6. The predicted molar refractivity (Wildman–Crippen MR) is 152 cm³/mol. The molecular formula is C19H28N7O16P3. The second-order valence-corrected chi connectivity index (χ2v) is 13.0. The van der Waals surface area contributed by atoms with Crippen LogP contribution in [0.5, 0.6) is 0 Å². The molecule has 0 spiro atoms. The van der Waals surface area contributed by atoms with Gasteiger partial charge in [-0.15, -0.1) is 0 Å². The lowest BCUT2D eigenvalue weighted by Gasteiger charge is -2.27. The van der Waals surface area contributed by atoms with E-state index < -0.39 is 47.4 Å². The van der Waals surface area contributed by atoms with Crippen LogP contribution in [0.2, 0.25) is 0 Å². The number of carbonyl (C=O) groups excluding carboxylic acids is 1. The number of anilines is 4. The van der Waals surface area contributed by atoms with E-state index in [1.807, 2.05) is 0 Å². The Morgan fingerprint density at radius 2 is 1.60 bits per heavy atom. The third-order valence-corrected chi connectivity index (χ3v) is 8.52. The van der Waals surface area contributed by atoms with Crippen molar-refractivity contribution in [3.63, 3.8) is 0 Å². The zero-order valence-corrected chi connectivity index (χ0v) is 25.1. The molecule has 250 valence electrons. The summed E-state index contributed by atoms with van der Waals surface area (Å²) in [6.07, 6.45) is -0.587. The molecule has 1 aromatic heterocycles. The summed E-state index contributed by atoms with van der Waals surface area (Å²) >= 11 is 0. The minimum atomic E-state index is -5.46. The van der Waals surface area contributed by atoms with Gasteiger partial charge in [0.25, 0.3) is 11.5 Å². The van der Waals surface area contributed by atoms with Crippen LogP contribution in [0, 0.1) is 0 Å². The number of nitrogen functional groups attached to an aromatic ring is 1. The van der Waals surface area contributed by atoms with Gasteiger partial charge in [-0.2, -0.15) is 13.6 Å². The maximum atomic E-state index is 12.3. The van der Waals surface area contributed by atoms with Gasteiger partial charge in [0.05, 0.1) is 6.04 Å². The third-order valence-electron chi connectivity index (χ3n) is 5.17. The van der Waals surface area contributed by atoms with Gasteiger partial charge in [-0.25, -0.2) is 18.5 Å². The molecule has 1 amide bonds. The van der Waals surface area contributed by atoms with Crippen molar-refractivity contribution in [1.82, 2.24) is 15.3 Å². The summed E-state index contributed by atoms with van der Waals surface area (Å²) in [6, 6.07) is 4.93. The zero-order valence-electron chi connectivity index (χ0n) is 22.5. The fraction of sp³-hybridized carbons (Fsp3) is 0.316. The fourth-order valence-electron chi connectivity index (χ4n) is 3.38. The van der Waals surface area contributed by atoms with Crippen LogP contribution < -0.4 is 32.6 Å². The molecule has 0 bridgehead atoms. The number of carbonyl (C=O) groups is 3. The van der Waals surface area contributed by atoms with Crippen LogP contribution in [-0.4, -0.2) is 87.7 Å². The standard InChI is InChI=1S/C19H23N7O6.H5O10P3/c20-19-25-15-14(17(30)26-19)23-11(8-22-15)7-21-10-3-1-9(2-4-10)16(29)24-12(18(31)32)5-6-13(27)28;1-11(2,3)9-13(7,8)10-12(4,5)6/h1-4,11-12,21,23H,5-8H2,(H,24,29)(H,27,28)(H,31,32)(H4,20,22,25,26,30);(H,7,8)(H2,1,2,3)(H2,4,5,6). The van der Waals surface area contributed by atoms with Gasteiger partial charge in [-0.3, -0.25) is 19.4 Å². The number of aromatic nitrogens is 2. The number of aromatic amines is 1. The Morgan fingerprint density at radius 3 is 2.11 bits per heavy atom. The average molecular weight is 703 g/mol. The number of nitrogens with one attached hydrogen (secondary N) is 5. The first-order valence-electron chi connectivity index (χ1n) is 12.0. The molecule has 1 aromatic carbocycles. The molecule has 0 saturated heterocycles. The molecule has 23 nitrogen and oxygen atoms in total. The molecule has 45 heavy (non-hydrogen) atoms. The van der Waals surface area contributed by atoms with E-state index in [4.69, 9.17) is 40.4 Å². The number of H-pyrrole nitrogens is 1. The van der Waals surface area contributed by atoms with Crippen molar-refractivity contribution in [3.8, 4) is 0 Å². The lowest BCUT2D eigenvalue weighted by Crippen LogP contribution is -2.41. The lowest BCUT2D eigenvalue weighted by atomic mass is 10.1. The lowest BCUT2D eigenvalue weighted by molar-refractivity contribution is -0.140. The van der Waals surface area contributed by atoms with Crippen LogP contribution in [0.25, 0.3) is 0 Å². The molecule has 2 aromatic rings. The molecule has 0 aliphatic carbocycles. The Hall–Kier alpha value is -3.88. The van der Waals surface area contributed by atoms with E-state index >= 15 is 0 Å². The van der Waals surface area contributed by atoms with E-state index in [0.29, 0.717) is 30.3 Å². The molecule has 3 rings (SSSR count). The largest absolute Gasteiger partial charge is 0.490 e. The van der Waals surface area contributed by atoms with Crippen molar-refractivity contribution in [2.24, 2.45) is 0 Å². The van der Waals surface area contributed by atoms with E-state index in [9.17, 15) is 32.9 Å². The number of hydrogen-bond acceptors (Lipinski definition) is 14. The summed E-state index contributed by atoms with van der Waals surface area (Å²) in [5.41, 5.74) is 6.40. The molecule has 2 atom stereocenters. The minimum Gasteiger partial charge on any atom is -0.481 e. The monoisotopic (exact) mass is 703 g/mol. The number of phosphoric acid groups is 3. The highest BCUT2D eigenvalue weighted by Crippen LogP contribution is 2.64. The highest BCUT2D eigenvalue weighted by Gasteiger charge is 2.38. The normalized spacial score (nSPS) is 15.2. The molecule has 2 unspecified atom stereocenters. The maximum absolute atomic E-state index is 12.3. The minimum absolute atomic E-state index is 0.0281. The molecule has 1 aliphatic rings. The molecule has 0 saturated carbocycles. The van der Waals surface area contributed by atoms with Crippen molar-refractivity contribution >= 4 is 64.5 Å². The Kier molecular flexibility index (Phi) is 12.8. The van der Waals surface area contributed by atoms with E-state index in [-0.39, 0.29) is 36.0 Å². The van der Waals surface area contributed by atoms with Crippen molar-refractivity contribution in [3.05, 3.63) is 40.2 Å². The number of nitrogens with zero attached hydrogens (tertiary/aromatic N) is 1. The Balaban J connectivity index is 0.000000459. The van der Waals surface area contributed by atoms with Gasteiger partial charge < -0.3 is 61.7 Å². The number of rotatable bonds is 13. The first kappa shape index (κ1) is 37.3. The van der Waals surface area contributed by atoms with Gasteiger partial charge >= 0.3 is 35.4 Å². The van der Waals surface area contributed by atoms with Crippen LogP contribution in [0.4, 0.5) is 23.1 Å². The number of fused-ring (bicyclic) bond motifs is 1. The van der Waals surface area contributed by atoms with E-state index in [2.05, 4.69) is 39.9 Å². The third kappa shape index (κ3) is 13.7. The van der Waals surface area contributed by atoms with Crippen molar-refractivity contribution in [2.45, 2.75) is 24.9 Å². The van der Waals surface area contributed by atoms with Gasteiger partial charge in [0, 0.05) is 30.8 Å². The number of carboxylic acids is 2. The number of benzene rings is 1. The molecule has 14 N–H and O–H groups in total. The predicted octanol–water partition coefficient (Wildman–Crippen LogP) is -0.977. The number of amides is 1. The van der Waals surface area contributed by atoms with Crippen molar-refractivity contribution in [2.75, 3.05) is 34.8 Å². The second kappa shape index (κ2) is 15.4. The number of aliphatic carboxylic acids is 2. The summed E-state index contributed by atoms with van der Waals surface area (Å²) in [5.74, 6) is -2.64. The van der Waals surface area contributed by atoms with Gasteiger partial charge in [0.15, 0.2) is 5.82 Å². The molecule has 1 aliphatic heterocycles. The molecular weight excluding hydrogens is 675 g/mol. The van der Waals surface area contributed by atoms with E-state index in [0.717, 1.165) is 0 Å². The summed E-state index contributed by atoms with van der Waals surface area (Å²) in [6.45, 7) is 0.960. The summed E-state index contributed by atoms with van der Waals surface area (Å²) in [7, 11) is -16.2. The van der Waals surface area contributed by atoms with Gasteiger partial charge in [0.2, 0.25) is 5.95 Å². The maximum Gasteiger partial charge on any atom is 0.490 e. The molecule has 26 heteroatoms. The highest BCUT2D eigenvalue weighted by molar-refractivity contribution is 7.66. The first-order valence-corrected chi connectivity index (χ1v) is 16.6. The average Bonchev–Trinajstić information content (AvgIpc) is 2.87. The second-order valence-electron chi connectivity index (χ2n) is 8.76. The molecule has 0 fully saturated rings.